The van der Waals surface area contributed by atoms with Crippen molar-refractivity contribution in [2.45, 2.75) is 52.6 Å². The van der Waals surface area contributed by atoms with E-state index in [-0.39, 0.29) is 31.3 Å². The molecule has 0 unspecified atom stereocenters. The van der Waals surface area contributed by atoms with E-state index < -0.39 is 16.1 Å². The van der Waals surface area contributed by atoms with Crippen molar-refractivity contribution < 1.29 is 18.0 Å². The van der Waals surface area contributed by atoms with Gasteiger partial charge in [0.1, 0.15) is 6.04 Å². The van der Waals surface area contributed by atoms with E-state index in [4.69, 9.17) is 0 Å². The molecular weight excluding hydrogens is 510 g/mol. The molecule has 2 amide bonds. The van der Waals surface area contributed by atoms with Gasteiger partial charge in [-0.25, -0.2) is 8.42 Å². The molecule has 0 aliphatic heterocycles. The molecule has 0 saturated carbocycles. The van der Waals surface area contributed by atoms with E-state index in [1.165, 1.54) is 10.6 Å². The number of hydrogen-bond acceptors (Lipinski definition) is 4. The fourth-order valence-electron chi connectivity index (χ4n) is 4.45. The maximum atomic E-state index is 13.7. The summed E-state index contributed by atoms with van der Waals surface area (Å²) in [7, 11) is -3.54. The lowest BCUT2D eigenvalue weighted by atomic mass is 10.0. The number of benzene rings is 3. The molecule has 0 aliphatic rings. The summed E-state index contributed by atoms with van der Waals surface area (Å²) < 4.78 is 26.4. The molecule has 0 bridgehead atoms. The number of amides is 2. The average Bonchev–Trinajstić information content (AvgIpc) is 2.90. The maximum Gasteiger partial charge on any atom is 0.243 e. The number of carbonyl (C=O) groups is 2. The molecule has 0 saturated heterocycles. The Morgan fingerprint density at radius 2 is 1.44 bits per heavy atom. The Kier molecular flexibility index (Phi) is 10.7. The molecule has 1 atom stereocenters. The van der Waals surface area contributed by atoms with E-state index in [1.807, 2.05) is 87.5 Å². The first-order valence-corrected chi connectivity index (χ1v) is 15.1. The normalized spacial score (nSPS) is 12.0. The average molecular weight is 550 g/mol. The molecule has 0 aromatic heterocycles. The Hall–Kier alpha value is -3.65. The van der Waals surface area contributed by atoms with Crippen LogP contribution in [0.15, 0.2) is 78.9 Å². The molecule has 3 aromatic rings. The first-order valence-electron chi connectivity index (χ1n) is 13.3. The number of rotatable bonds is 13. The van der Waals surface area contributed by atoms with Gasteiger partial charge in [0.2, 0.25) is 21.8 Å². The van der Waals surface area contributed by atoms with Gasteiger partial charge in [0, 0.05) is 32.5 Å². The standard InChI is InChI=1S/C31H39N3O4S/c1-5-32-31(36)29(22-26-10-7-6-8-11-26)33(23-27-17-13-24(2)14-18-27)30(35)12-9-21-34(39(4,37)38)28-19-15-25(3)16-20-28/h6-8,10-11,13-20,29H,5,9,12,21-23H2,1-4H3,(H,32,36)/t29-/m0/s1. The number of hydrogen-bond donors (Lipinski definition) is 1. The number of anilines is 1. The molecule has 0 heterocycles. The van der Waals surface area contributed by atoms with Gasteiger partial charge in [-0.15, -0.1) is 0 Å². The Labute approximate surface area is 232 Å². The summed E-state index contributed by atoms with van der Waals surface area (Å²) in [5, 5.41) is 2.90. The first kappa shape index (κ1) is 29.9. The molecule has 7 nitrogen and oxygen atoms in total. The zero-order valence-electron chi connectivity index (χ0n) is 23.3. The van der Waals surface area contributed by atoms with Crippen LogP contribution in [0.4, 0.5) is 5.69 Å². The summed E-state index contributed by atoms with van der Waals surface area (Å²) in [5.74, 6) is -0.403. The van der Waals surface area contributed by atoms with Crippen LogP contribution >= 0.6 is 0 Å². The molecular formula is C31H39N3O4S. The number of carbonyl (C=O) groups excluding carboxylic acids is 2. The van der Waals surface area contributed by atoms with Gasteiger partial charge in [0.05, 0.1) is 11.9 Å². The highest BCUT2D eigenvalue weighted by molar-refractivity contribution is 7.92. The molecule has 0 aliphatic carbocycles. The van der Waals surface area contributed by atoms with Crippen molar-refractivity contribution in [3.63, 3.8) is 0 Å². The van der Waals surface area contributed by atoms with Crippen molar-refractivity contribution in [1.29, 1.82) is 0 Å². The lowest BCUT2D eigenvalue weighted by molar-refractivity contribution is -0.141. The second kappa shape index (κ2) is 13.9. The Morgan fingerprint density at radius 3 is 2.00 bits per heavy atom. The van der Waals surface area contributed by atoms with Gasteiger partial charge in [0.15, 0.2) is 0 Å². The SMILES string of the molecule is CCNC(=O)[C@H](Cc1ccccc1)N(Cc1ccc(C)cc1)C(=O)CCCN(c1ccc(C)cc1)S(C)(=O)=O. The van der Waals surface area contributed by atoms with Gasteiger partial charge in [-0.1, -0.05) is 77.9 Å². The Bertz CT molecular complexity index is 1320. The molecule has 0 spiro atoms. The monoisotopic (exact) mass is 549 g/mol. The number of sulfonamides is 1. The third-order valence-corrected chi connectivity index (χ3v) is 7.76. The number of aryl methyl sites for hydroxylation is 2. The number of nitrogens with one attached hydrogen (secondary N) is 1. The van der Waals surface area contributed by atoms with Gasteiger partial charge < -0.3 is 10.2 Å². The largest absolute Gasteiger partial charge is 0.355 e. The van der Waals surface area contributed by atoms with Crippen LogP contribution in [0.1, 0.15) is 42.0 Å². The van der Waals surface area contributed by atoms with E-state index in [9.17, 15) is 18.0 Å². The molecule has 3 rings (SSSR count). The first-order chi connectivity index (χ1) is 18.6. The van der Waals surface area contributed by atoms with Crippen molar-refractivity contribution >= 4 is 27.5 Å². The second-order valence-electron chi connectivity index (χ2n) is 9.88. The van der Waals surface area contributed by atoms with E-state index in [1.54, 1.807) is 17.0 Å². The number of nitrogens with zero attached hydrogens (tertiary/aromatic N) is 2. The third kappa shape index (κ3) is 8.96. The predicted molar refractivity (Wildman–Crippen MR) is 157 cm³/mol. The molecule has 8 heteroatoms. The highest BCUT2D eigenvalue weighted by Crippen LogP contribution is 2.21. The van der Waals surface area contributed by atoms with Gasteiger partial charge in [-0.05, 0) is 50.5 Å². The summed E-state index contributed by atoms with van der Waals surface area (Å²) in [4.78, 5) is 28.7. The van der Waals surface area contributed by atoms with Crippen molar-refractivity contribution in [2.75, 3.05) is 23.7 Å². The van der Waals surface area contributed by atoms with Gasteiger partial charge >= 0.3 is 0 Å². The predicted octanol–water partition coefficient (Wildman–Crippen LogP) is 4.63. The third-order valence-electron chi connectivity index (χ3n) is 6.57. The van der Waals surface area contributed by atoms with Crippen molar-refractivity contribution in [2.24, 2.45) is 0 Å². The zero-order chi connectivity index (χ0) is 28.4. The van der Waals surface area contributed by atoms with Gasteiger partial charge in [-0.2, -0.15) is 0 Å². The summed E-state index contributed by atoms with van der Waals surface area (Å²) in [6, 6.07) is 24.1. The molecule has 0 fully saturated rings. The highest BCUT2D eigenvalue weighted by atomic mass is 32.2. The van der Waals surface area contributed by atoms with Crippen LogP contribution < -0.4 is 9.62 Å². The zero-order valence-corrected chi connectivity index (χ0v) is 24.1. The van der Waals surface area contributed by atoms with Crippen LogP contribution in [0.2, 0.25) is 0 Å². The molecule has 0 radical (unpaired) electrons. The van der Waals surface area contributed by atoms with Crippen LogP contribution in [0.25, 0.3) is 0 Å². The molecule has 3 aromatic carbocycles. The quantitative estimate of drug-likeness (QED) is 0.337. The number of likely N-dealkylation sites (N-methyl/N-ethyl adjacent to an activating group) is 1. The minimum Gasteiger partial charge on any atom is -0.355 e. The maximum absolute atomic E-state index is 13.7. The lowest BCUT2D eigenvalue weighted by Gasteiger charge is -2.32. The molecule has 1 N–H and O–H groups in total. The lowest BCUT2D eigenvalue weighted by Crippen LogP contribution is -2.50. The highest BCUT2D eigenvalue weighted by Gasteiger charge is 2.30. The van der Waals surface area contributed by atoms with Gasteiger partial charge in [0.25, 0.3) is 0 Å². The van der Waals surface area contributed by atoms with E-state index in [0.717, 1.165) is 22.3 Å². The summed E-state index contributed by atoms with van der Waals surface area (Å²) in [5.41, 5.74) is 4.59. The van der Waals surface area contributed by atoms with Crippen molar-refractivity contribution in [1.82, 2.24) is 10.2 Å². The minimum absolute atomic E-state index is 0.106. The molecule has 208 valence electrons. The van der Waals surface area contributed by atoms with Crippen LogP contribution in [-0.4, -0.2) is 50.5 Å². The second-order valence-corrected chi connectivity index (χ2v) is 11.8. The Balaban J connectivity index is 1.85. The van der Waals surface area contributed by atoms with Crippen LogP contribution in [-0.2, 0) is 32.6 Å². The fourth-order valence-corrected chi connectivity index (χ4v) is 5.42. The van der Waals surface area contributed by atoms with Crippen molar-refractivity contribution in [3.05, 3.63) is 101 Å². The van der Waals surface area contributed by atoms with Crippen molar-refractivity contribution in [3.8, 4) is 0 Å². The van der Waals surface area contributed by atoms with E-state index in [0.29, 0.717) is 25.1 Å². The summed E-state index contributed by atoms with van der Waals surface area (Å²) in [6.45, 7) is 6.70. The summed E-state index contributed by atoms with van der Waals surface area (Å²) in [6.07, 6.45) is 1.97. The van der Waals surface area contributed by atoms with Gasteiger partial charge in [-0.3, -0.25) is 13.9 Å². The van der Waals surface area contributed by atoms with Crippen LogP contribution in [0.3, 0.4) is 0 Å². The van der Waals surface area contributed by atoms with E-state index in [2.05, 4.69) is 5.32 Å². The van der Waals surface area contributed by atoms with Crippen LogP contribution in [0.5, 0.6) is 0 Å². The van der Waals surface area contributed by atoms with Crippen LogP contribution in [0, 0.1) is 13.8 Å². The smallest absolute Gasteiger partial charge is 0.243 e. The molecule has 39 heavy (non-hydrogen) atoms. The Morgan fingerprint density at radius 1 is 0.846 bits per heavy atom. The topological polar surface area (TPSA) is 86.8 Å². The van der Waals surface area contributed by atoms with E-state index >= 15 is 0 Å². The minimum atomic E-state index is -3.54. The fraction of sp³-hybridized carbons (Fsp3) is 0.355. The summed E-state index contributed by atoms with van der Waals surface area (Å²) >= 11 is 0.